The minimum absolute atomic E-state index is 0.676. The van der Waals surface area contributed by atoms with Crippen molar-refractivity contribution in [3.63, 3.8) is 0 Å². The molecule has 0 heterocycles. The molecule has 0 aliphatic heterocycles. The number of nitrogens with one attached hydrogen (secondary N) is 2. The van der Waals surface area contributed by atoms with E-state index in [0.717, 1.165) is 25.2 Å². The first-order valence-electron chi connectivity index (χ1n) is 7.94. The normalized spacial score (nSPS) is 10.2. The molecule has 0 aliphatic rings. The Bertz CT molecular complexity index is 640. The highest BCUT2D eigenvalue weighted by Crippen LogP contribution is 2.14. The predicted molar refractivity (Wildman–Crippen MR) is 104 cm³/mol. The summed E-state index contributed by atoms with van der Waals surface area (Å²) in [4.78, 5) is 2.25. The molecule has 0 spiro atoms. The second-order valence-corrected chi connectivity index (χ2v) is 6.20. The first-order valence-corrected chi connectivity index (χ1v) is 8.35. The Morgan fingerprint density at radius 2 is 1.78 bits per heavy atom. The largest absolute Gasteiger partial charge is 0.375 e. The molecule has 2 N–H and O–H groups in total. The lowest BCUT2D eigenvalue weighted by atomic mass is 10.1. The topological polar surface area (TPSA) is 27.3 Å². The molecule has 0 saturated carbocycles. The van der Waals surface area contributed by atoms with Crippen molar-refractivity contribution < 1.29 is 0 Å². The van der Waals surface area contributed by atoms with E-state index in [-0.39, 0.29) is 0 Å². The van der Waals surface area contributed by atoms with Gasteiger partial charge in [0.15, 0.2) is 5.11 Å². The maximum atomic E-state index is 5.35. The average molecular weight is 327 g/mol. The third-order valence-electron chi connectivity index (χ3n) is 3.92. The van der Waals surface area contributed by atoms with Crippen LogP contribution >= 0.6 is 12.2 Å². The molecular formula is C19H25N3S. The lowest BCUT2D eigenvalue weighted by molar-refractivity contribution is 0.755. The van der Waals surface area contributed by atoms with Gasteiger partial charge >= 0.3 is 0 Å². The molecule has 0 bridgehead atoms. The van der Waals surface area contributed by atoms with Gasteiger partial charge in [-0.1, -0.05) is 24.3 Å². The van der Waals surface area contributed by atoms with Gasteiger partial charge in [0.25, 0.3) is 0 Å². The molecular weight excluding hydrogens is 302 g/mol. The van der Waals surface area contributed by atoms with Crippen LogP contribution in [0.5, 0.6) is 0 Å². The maximum absolute atomic E-state index is 5.35. The van der Waals surface area contributed by atoms with Crippen LogP contribution in [0.4, 0.5) is 11.4 Å². The highest BCUT2D eigenvalue weighted by atomic mass is 32.1. The van der Waals surface area contributed by atoms with Gasteiger partial charge < -0.3 is 15.5 Å². The Labute approximate surface area is 144 Å². The molecule has 0 aromatic heterocycles. The Kier molecular flexibility index (Phi) is 6.41. The van der Waals surface area contributed by atoms with Gasteiger partial charge in [-0.25, -0.2) is 0 Å². The highest BCUT2D eigenvalue weighted by molar-refractivity contribution is 7.80. The third-order valence-corrected chi connectivity index (χ3v) is 4.16. The molecule has 3 nitrogen and oxygen atoms in total. The number of thiocarbonyl (C=S) groups is 1. The van der Waals surface area contributed by atoms with E-state index in [1.807, 2.05) is 6.07 Å². The molecule has 2 rings (SSSR count). The van der Waals surface area contributed by atoms with Gasteiger partial charge in [0.2, 0.25) is 0 Å². The van der Waals surface area contributed by atoms with Crippen molar-refractivity contribution in [1.82, 2.24) is 5.32 Å². The highest BCUT2D eigenvalue weighted by Gasteiger charge is 2.01. The number of nitrogens with zero attached hydrogens (tertiary/aromatic N) is 1. The Morgan fingerprint density at radius 3 is 2.48 bits per heavy atom. The molecule has 0 saturated heterocycles. The number of hydrogen-bond acceptors (Lipinski definition) is 2. The number of aryl methyl sites for hydroxylation is 2. The number of rotatable bonds is 6. The molecule has 0 unspecified atom stereocenters. The van der Waals surface area contributed by atoms with Crippen molar-refractivity contribution in [2.75, 3.05) is 30.4 Å². The van der Waals surface area contributed by atoms with Gasteiger partial charge in [-0.2, -0.15) is 0 Å². The monoisotopic (exact) mass is 327 g/mol. The molecule has 0 aliphatic carbocycles. The minimum Gasteiger partial charge on any atom is -0.375 e. The molecule has 2 aromatic carbocycles. The number of benzene rings is 2. The number of hydrogen-bond donors (Lipinski definition) is 2. The molecule has 0 atom stereocenters. The first kappa shape index (κ1) is 17.3. The van der Waals surface area contributed by atoms with Gasteiger partial charge in [0.1, 0.15) is 0 Å². The van der Waals surface area contributed by atoms with E-state index < -0.39 is 0 Å². The Morgan fingerprint density at radius 1 is 1.04 bits per heavy atom. The molecule has 23 heavy (non-hydrogen) atoms. The SMILES string of the molecule is Cc1ccc(NC(=S)NCCCN(C)c2ccccc2)cc1C. The molecule has 0 fully saturated rings. The zero-order valence-electron chi connectivity index (χ0n) is 14.1. The van der Waals surface area contributed by atoms with Gasteiger partial charge in [-0.05, 0) is 67.9 Å². The summed E-state index contributed by atoms with van der Waals surface area (Å²) in [6, 6.07) is 16.7. The van der Waals surface area contributed by atoms with Crippen LogP contribution in [0.2, 0.25) is 0 Å². The summed E-state index contributed by atoms with van der Waals surface area (Å²) in [6.07, 6.45) is 1.03. The first-order chi connectivity index (χ1) is 11.1. The zero-order valence-corrected chi connectivity index (χ0v) is 14.9. The Hall–Kier alpha value is -2.07. The summed E-state index contributed by atoms with van der Waals surface area (Å²) in [5.74, 6) is 0. The van der Waals surface area contributed by atoms with Gasteiger partial charge in [-0.3, -0.25) is 0 Å². The standard InChI is InChI=1S/C19H25N3S/c1-15-10-11-17(14-16(15)2)21-19(23)20-12-7-13-22(3)18-8-5-4-6-9-18/h4-6,8-11,14H,7,12-13H2,1-3H3,(H2,20,21,23). The van der Waals surface area contributed by atoms with Crippen LogP contribution in [0.15, 0.2) is 48.5 Å². The molecule has 4 heteroatoms. The van der Waals surface area contributed by atoms with Gasteiger partial charge in [-0.15, -0.1) is 0 Å². The average Bonchev–Trinajstić information content (AvgIpc) is 2.55. The quantitative estimate of drug-likeness (QED) is 0.616. The summed E-state index contributed by atoms with van der Waals surface area (Å²) in [7, 11) is 2.11. The minimum atomic E-state index is 0.676. The lowest BCUT2D eigenvalue weighted by Crippen LogP contribution is -2.31. The van der Waals surface area contributed by atoms with E-state index in [0.29, 0.717) is 5.11 Å². The van der Waals surface area contributed by atoms with Crippen LogP contribution < -0.4 is 15.5 Å². The summed E-state index contributed by atoms with van der Waals surface area (Å²) in [5.41, 5.74) is 4.83. The fourth-order valence-corrected chi connectivity index (χ4v) is 2.54. The predicted octanol–water partition coefficient (Wildman–Crippen LogP) is 4.12. The van der Waals surface area contributed by atoms with E-state index in [1.165, 1.54) is 16.8 Å². The van der Waals surface area contributed by atoms with E-state index in [4.69, 9.17) is 12.2 Å². The third kappa shape index (κ3) is 5.57. The second kappa shape index (κ2) is 8.53. The number of anilines is 2. The summed E-state index contributed by atoms with van der Waals surface area (Å²) >= 11 is 5.35. The van der Waals surface area contributed by atoms with Crippen molar-refractivity contribution in [3.05, 3.63) is 59.7 Å². The smallest absolute Gasteiger partial charge is 0.170 e. The Balaban J connectivity index is 1.69. The molecule has 122 valence electrons. The second-order valence-electron chi connectivity index (χ2n) is 5.79. The van der Waals surface area contributed by atoms with Gasteiger partial charge in [0.05, 0.1) is 0 Å². The van der Waals surface area contributed by atoms with Crippen LogP contribution in [0.1, 0.15) is 17.5 Å². The summed E-state index contributed by atoms with van der Waals surface area (Å²) < 4.78 is 0. The van der Waals surface area contributed by atoms with Crippen molar-refractivity contribution in [2.24, 2.45) is 0 Å². The van der Waals surface area contributed by atoms with Crippen LogP contribution in [0, 0.1) is 13.8 Å². The molecule has 0 radical (unpaired) electrons. The van der Waals surface area contributed by atoms with Crippen LogP contribution in [0.25, 0.3) is 0 Å². The van der Waals surface area contributed by atoms with Crippen LogP contribution in [-0.4, -0.2) is 25.2 Å². The van der Waals surface area contributed by atoms with Crippen molar-refractivity contribution >= 4 is 28.7 Å². The maximum Gasteiger partial charge on any atom is 0.170 e. The van der Waals surface area contributed by atoms with Crippen molar-refractivity contribution in [2.45, 2.75) is 20.3 Å². The van der Waals surface area contributed by atoms with E-state index in [9.17, 15) is 0 Å². The van der Waals surface area contributed by atoms with E-state index in [2.05, 4.69) is 78.9 Å². The van der Waals surface area contributed by atoms with Crippen LogP contribution in [-0.2, 0) is 0 Å². The van der Waals surface area contributed by atoms with Crippen LogP contribution in [0.3, 0.4) is 0 Å². The number of para-hydroxylation sites is 1. The van der Waals surface area contributed by atoms with E-state index >= 15 is 0 Å². The van der Waals surface area contributed by atoms with Crippen molar-refractivity contribution in [1.29, 1.82) is 0 Å². The van der Waals surface area contributed by atoms with Gasteiger partial charge in [0, 0.05) is 31.5 Å². The van der Waals surface area contributed by atoms with E-state index in [1.54, 1.807) is 0 Å². The summed E-state index contributed by atoms with van der Waals surface area (Å²) in [5, 5.41) is 7.18. The van der Waals surface area contributed by atoms with Crippen molar-refractivity contribution in [3.8, 4) is 0 Å². The zero-order chi connectivity index (χ0) is 16.7. The molecule has 2 aromatic rings. The lowest BCUT2D eigenvalue weighted by Gasteiger charge is -2.19. The fourth-order valence-electron chi connectivity index (χ4n) is 2.32. The molecule has 0 amide bonds. The summed E-state index contributed by atoms with van der Waals surface area (Å²) in [6.45, 7) is 6.06. The fraction of sp³-hybridized carbons (Fsp3) is 0.316.